The van der Waals surface area contributed by atoms with Crippen molar-refractivity contribution in [3.8, 4) is 5.75 Å². The van der Waals surface area contributed by atoms with Crippen LogP contribution in [0.15, 0.2) is 12.1 Å². The van der Waals surface area contributed by atoms with E-state index in [0.717, 1.165) is 5.56 Å². The summed E-state index contributed by atoms with van der Waals surface area (Å²) in [5, 5.41) is 1.15. The number of rotatable bonds is 2. The Morgan fingerprint density at radius 2 is 2.08 bits per heavy atom. The fraction of sp³-hybridized carbons (Fsp3) is 0.222. The molecule has 0 heterocycles. The Hall–Kier alpha value is -0.400. The topological polar surface area (TPSA) is 9.23 Å². The van der Waals surface area contributed by atoms with Gasteiger partial charge in [-0.05, 0) is 31.5 Å². The molecule has 65 valence electrons. The van der Waals surface area contributed by atoms with Crippen LogP contribution < -0.4 is 4.74 Å². The number of ether oxygens (including phenoxy) is 1. The Morgan fingerprint density at radius 3 is 2.58 bits per heavy atom. The van der Waals surface area contributed by atoms with E-state index in [1.807, 2.05) is 6.92 Å². The van der Waals surface area contributed by atoms with Gasteiger partial charge in [-0.1, -0.05) is 23.2 Å². The molecule has 1 rings (SSSR count). The zero-order valence-electron chi connectivity index (χ0n) is 6.73. The molecule has 0 atom stereocenters. The van der Waals surface area contributed by atoms with Crippen LogP contribution >= 0.6 is 23.2 Å². The first kappa shape index (κ1) is 9.69. The SMILES string of the molecule is [CH2]COc1c(C)cc(Cl)cc1Cl. The predicted octanol–water partition coefficient (Wildman–Crippen LogP) is 3.51. The summed E-state index contributed by atoms with van der Waals surface area (Å²) in [7, 11) is 0. The van der Waals surface area contributed by atoms with Gasteiger partial charge in [-0.15, -0.1) is 0 Å². The van der Waals surface area contributed by atoms with Crippen molar-refractivity contribution < 1.29 is 4.74 Å². The van der Waals surface area contributed by atoms with Gasteiger partial charge >= 0.3 is 0 Å². The molecule has 1 aromatic carbocycles. The molecule has 0 aromatic heterocycles. The van der Waals surface area contributed by atoms with Crippen LogP contribution in [-0.2, 0) is 0 Å². The standard InChI is InChI=1S/C9H9Cl2O/c1-3-12-9-6(2)4-7(10)5-8(9)11/h4-5H,1,3H2,2H3. The van der Waals surface area contributed by atoms with E-state index in [9.17, 15) is 0 Å². The van der Waals surface area contributed by atoms with Gasteiger partial charge in [0.15, 0.2) is 0 Å². The first-order valence-corrected chi connectivity index (χ1v) is 4.28. The molecule has 0 saturated heterocycles. The Kier molecular flexibility index (Phi) is 3.24. The number of aryl methyl sites for hydroxylation is 1. The third-order valence-electron chi connectivity index (χ3n) is 1.44. The predicted molar refractivity (Wildman–Crippen MR) is 52.1 cm³/mol. The highest BCUT2D eigenvalue weighted by Crippen LogP contribution is 2.31. The van der Waals surface area contributed by atoms with E-state index in [1.165, 1.54) is 0 Å². The van der Waals surface area contributed by atoms with Gasteiger partial charge in [-0.2, -0.15) is 0 Å². The molecule has 0 fully saturated rings. The zero-order chi connectivity index (χ0) is 9.14. The summed E-state index contributed by atoms with van der Waals surface area (Å²) >= 11 is 11.6. The lowest BCUT2D eigenvalue weighted by atomic mass is 10.2. The molecule has 0 unspecified atom stereocenters. The number of benzene rings is 1. The maximum Gasteiger partial charge on any atom is 0.140 e. The van der Waals surface area contributed by atoms with Crippen molar-refractivity contribution in [1.29, 1.82) is 0 Å². The molecule has 1 nitrogen and oxygen atoms in total. The fourth-order valence-electron chi connectivity index (χ4n) is 0.974. The Labute approximate surface area is 82.2 Å². The minimum absolute atomic E-state index is 0.363. The van der Waals surface area contributed by atoms with Gasteiger partial charge in [0, 0.05) is 5.02 Å². The summed E-state index contributed by atoms with van der Waals surface area (Å²) in [6.45, 7) is 5.83. The summed E-state index contributed by atoms with van der Waals surface area (Å²) in [5.41, 5.74) is 0.927. The van der Waals surface area contributed by atoms with Crippen molar-refractivity contribution in [2.24, 2.45) is 0 Å². The smallest absolute Gasteiger partial charge is 0.140 e. The molecule has 0 bridgehead atoms. The average molecular weight is 204 g/mol. The first-order valence-electron chi connectivity index (χ1n) is 3.53. The maximum absolute atomic E-state index is 5.88. The second-order valence-corrected chi connectivity index (χ2v) is 3.23. The van der Waals surface area contributed by atoms with Gasteiger partial charge in [0.2, 0.25) is 0 Å². The highest BCUT2D eigenvalue weighted by molar-refractivity contribution is 6.35. The molecule has 12 heavy (non-hydrogen) atoms. The van der Waals surface area contributed by atoms with Gasteiger partial charge in [0.25, 0.3) is 0 Å². The molecule has 0 aliphatic rings. The minimum atomic E-state index is 0.363. The van der Waals surface area contributed by atoms with Crippen LogP contribution in [0.5, 0.6) is 5.75 Å². The van der Waals surface area contributed by atoms with Crippen molar-refractivity contribution in [1.82, 2.24) is 0 Å². The normalized spacial score (nSPS) is 10.0. The maximum atomic E-state index is 5.88. The molecule has 0 aliphatic carbocycles. The molecule has 0 N–H and O–H groups in total. The lowest BCUT2D eigenvalue weighted by Crippen LogP contribution is -1.94. The molecular formula is C9H9Cl2O. The molecule has 0 saturated carbocycles. The van der Waals surface area contributed by atoms with E-state index < -0.39 is 0 Å². The van der Waals surface area contributed by atoms with Gasteiger partial charge in [-0.25, -0.2) is 0 Å². The van der Waals surface area contributed by atoms with Crippen LogP contribution in [0.1, 0.15) is 5.56 Å². The van der Waals surface area contributed by atoms with E-state index in [4.69, 9.17) is 27.9 Å². The summed E-state index contributed by atoms with van der Waals surface area (Å²) in [4.78, 5) is 0. The van der Waals surface area contributed by atoms with Crippen molar-refractivity contribution in [2.45, 2.75) is 6.92 Å². The lowest BCUT2D eigenvalue weighted by Gasteiger charge is -2.08. The highest BCUT2D eigenvalue weighted by Gasteiger charge is 2.05. The third-order valence-corrected chi connectivity index (χ3v) is 1.94. The van der Waals surface area contributed by atoms with Gasteiger partial charge in [0.1, 0.15) is 5.75 Å². The highest BCUT2D eigenvalue weighted by atomic mass is 35.5. The van der Waals surface area contributed by atoms with E-state index in [0.29, 0.717) is 22.4 Å². The van der Waals surface area contributed by atoms with Gasteiger partial charge in [-0.3, -0.25) is 0 Å². The second-order valence-electron chi connectivity index (χ2n) is 2.38. The number of hydrogen-bond donors (Lipinski definition) is 0. The average Bonchev–Trinajstić information content (AvgIpc) is 1.96. The van der Waals surface area contributed by atoms with E-state index >= 15 is 0 Å². The summed E-state index contributed by atoms with van der Waals surface area (Å²) in [5.74, 6) is 0.663. The van der Waals surface area contributed by atoms with E-state index in [2.05, 4.69) is 6.92 Å². The van der Waals surface area contributed by atoms with Crippen molar-refractivity contribution >= 4 is 23.2 Å². The van der Waals surface area contributed by atoms with Crippen LogP contribution in [0.3, 0.4) is 0 Å². The zero-order valence-corrected chi connectivity index (χ0v) is 8.24. The fourth-order valence-corrected chi connectivity index (χ4v) is 1.62. The summed E-state index contributed by atoms with van der Waals surface area (Å²) in [6.07, 6.45) is 0. The monoisotopic (exact) mass is 203 g/mol. The largest absolute Gasteiger partial charge is 0.492 e. The van der Waals surface area contributed by atoms with Gasteiger partial charge in [0.05, 0.1) is 11.6 Å². The van der Waals surface area contributed by atoms with Crippen LogP contribution in [0, 0.1) is 13.8 Å². The summed E-state index contributed by atoms with van der Waals surface area (Å²) in [6, 6.07) is 3.46. The van der Waals surface area contributed by atoms with Crippen molar-refractivity contribution in [2.75, 3.05) is 6.61 Å². The molecule has 0 amide bonds. The van der Waals surface area contributed by atoms with Gasteiger partial charge < -0.3 is 4.74 Å². The van der Waals surface area contributed by atoms with Crippen LogP contribution in [-0.4, -0.2) is 6.61 Å². The van der Waals surface area contributed by atoms with Crippen molar-refractivity contribution in [3.05, 3.63) is 34.7 Å². The quantitative estimate of drug-likeness (QED) is 0.716. The Bertz CT molecular complexity index is 261. The van der Waals surface area contributed by atoms with Crippen molar-refractivity contribution in [3.63, 3.8) is 0 Å². The molecule has 1 radical (unpaired) electrons. The molecule has 0 spiro atoms. The summed E-state index contributed by atoms with van der Waals surface area (Å²) < 4.78 is 5.22. The number of halogens is 2. The third kappa shape index (κ3) is 2.05. The molecule has 3 heteroatoms. The second kappa shape index (κ2) is 4.01. The first-order chi connectivity index (χ1) is 5.65. The Morgan fingerprint density at radius 1 is 1.42 bits per heavy atom. The lowest BCUT2D eigenvalue weighted by molar-refractivity contribution is 0.359. The van der Waals surface area contributed by atoms with Crippen LogP contribution in [0.4, 0.5) is 0 Å². The van der Waals surface area contributed by atoms with E-state index in [1.54, 1.807) is 12.1 Å². The molecule has 1 aromatic rings. The Balaban J connectivity index is 3.10. The minimum Gasteiger partial charge on any atom is -0.492 e. The van der Waals surface area contributed by atoms with Crippen LogP contribution in [0.2, 0.25) is 10.0 Å². The molecule has 0 aliphatic heterocycles. The van der Waals surface area contributed by atoms with E-state index in [-0.39, 0.29) is 0 Å². The van der Waals surface area contributed by atoms with Crippen LogP contribution in [0.25, 0.3) is 0 Å². The molecular weight excluding hydrogens is 195 g/mol. The number of hydrogen-bond acceptors (Lipinski definition) is 1.